The minimum absolute atomic E-state index is 0.231. The van der Waals surface area contributed by atoms with Crippen LogP contribution < -0.4 is 0 Å². The Labute approximate surface area is 115 Å². The number of aliphatic carboxylic acids is 1. The Morgan fingerprint density at radius 1 is 1.16 bits per heavy atom. The van der Waals surface area contributed by atoms with Crippen molar-refractivity contribution >= 4 is 5.97 Å². The zero-order chi connectivity index (χ0) is 13.4. The van der Waals surface area contributed by atoms with Crippen molar-refractivity contribution in [1.82, 2.24) is 4.90 Å². The van der Waals surface area contributed by atoms with Crippen LogP contribution in [0.15, 0.2) is 0 Å². The number of methoxy groups -OCH3 is 1. The predicted molar refractivity (Wildman–Crippen MR) is 72.0 cm³/mol. The summed E-state index contributed by atoms with van der Waals surface area (Å²) in [6, 6.07) is 0.0682. The molecule has 3 rings (SSSR count). The van der Waals surface area contributed by atoms with E-state index in [1.165, 1.54) is 25.7 Å². The third kappa shape index (κ3) is 2.29. The van der Waals surface area contributed by atoms with Gasteiger partial charge in [-0.25, -0.2) is 0 Å². The van der Waals surface area contributed by atoms with E-state index in [-0.39, 0.29) is 12.1 Å². The highest BCUT2D eigenvalue weighted by Crippen LogP contribution is 2.44. The quantitative estimate of drug-likeness (QED) is 0.851. The number of hydrogen-bond acceptors (Lipinski definition) is 3. The number of carbonyl (C=O) groups is 1. The highest BCUT2D eigenvalue weighted by atomic mass is 16.5. The zero-order valence-corrected chi connectivity index (χ0v) is 11.8. The van der Waals surface area contributed by atoms with Crippen LogP contribution in [0.4, 0.5) is 0 Å². The van der Waals surface area contributed by atoms with Crippen molar-refractivity contribution in [2.45, 2.75) is 63.1 Å². The third-order valence-electron chi connectivity index (χ3n) is 5.58. The highest BCUT2D eigenvalue weighted by Gasteiger charge is 2.51. The molecule has 1 saturated heterocycles. The number of likely N-dealkylation sites (tertiary alicyclic amines) is 1. The van der Waals surface area contributed by atoms with Crippen LogP contribution in [-0.4, -0.2) is 47.8 Å². The molecular formula is C15H25NO3. The fourth-order valence-corrected chi connectivity index (χ4v) is 4.74. The summed E-state index contributed by atoms with van der Waals surface area (Å²) < 4.78 is 5.63. The molecule has 0 bridgehead atoms. The van der Waals surface area contributed by atoms with Crippen LogP contribution in [0.3, 0.4) is 0 Å². The van der Waals surface area contributed by atoms with Gasteiger partial charge in [-0.3, -0.25) is 9.69 Å². The Balaban J connectivity index is 1.80. The van der Waals surface area contributed by atoms with Gasteiger partial charge in [0.25, 0.3) is 0 Å². The summed E-state index contributed by atoms with van der Waals surface area (Å²) in [7, 11) is 1.77. The smallest absolute Gasteiger partial charge is 0.321 e. The van der Waals surface area contributed by atoms with Crippen molar-refractivity contribution in [1.29, 1.82) is 0 Å². The number of carboxylic acids is 1. The second-order valence-corrected chi connectivity index (χ2v) is 6.46. The molecule has 0 aromatic rings. The fraction of sp³-hybridized carbons (Fsp3) is 0.933. The van der Waals surface area contributed by atoms with Crippen molar-refractivity contribution in [2.24, 2.45) is 11.8 Å². The summed E-state index contributed by atoms with van der Waals surface area (Å²) in [4.78, 5) is 14.0. The standard InChI is InChI=1S/C15H25NO3/c1-19-13-8-3-2-7-12(13)16-9-10-5-4-6-11(10)14(16)15(17)18/h10-14H,2-9H2,1H3,(H,17,18). The van der Waals surface area contributed by atoms with Crippen molar-refractivity contribution in [3.63, 3.8) is 0 Å². The Morgan fingerprint density at radius 2 is 1.95 bits per heavy atom. The average Bonchev–Trinajstić information content (AvgIpc) is 2.97. The second kappa shape index (κ2) is 5.41. The summed E-state index contributed by atoms with van der Waals surface area (Å²) in [5, 5.41) is 9.64. The van der Waals surface area contributed by atoms with Gasteiger partial charge in [-0.2, -0.15) is 0 Å². The van der Waals surface area contributed by atoms with E-state index >= 15 is 0 Å². The van der Waals surface area contributed by atoms with E-state index in [0.29, 0.717) is 17.9 Å². The molecule has 1 heterocycles. The largest absolute Gasteiger partial charge is 0.480 e. The van der Waals surface area contributed by atoms with Crippen LogP contribution in [0.2, 0.25) is 0 Å². The zero-order valence-electron chi connectivity index (χ0n) is 11.8. The lowest BCUT2D eigenvalue weighted by Gasteiger charge is -2.39. The normalized spacial score (nSPS) is 43.3. The monoisotopic (exact) mass is 267 g/mol. The molecule has 5 unspecified atom stereocenters. The molecule has 1 aliphatic heterocycles. The van der Waals surface area contributed by atoms with Gasteiger partial charge in [0.15, 0.2) is 0 Å². The molecule has 2 saturated carbocycles. The van der Waals surface area contributed by atoms with Gasteiger partial charge in [0.2, 0.25) is 0 Å². The lowest BCUT2D eigenvalue weighted by molar-refractivity contribution is -0.146. The van der Waals surface area contributed by atoms with Gasteiger partial charge >= 0.3 is 5.97 Å². The molecule has 0 amide bonds. The minimum Gasteiger partial charge on any atom is -0.480 e. The third-order valence-corrected chi connectivity index (χ3v) is 5.58. The molecular weight excluding hydrogens is 242 g/mol. The van der Waals surface area contributed by atoms with Gasteiger partial charge < -0.3 is 9.84 Å². The van der Waals surface area contributed by atoms with E-state index in [1.807, 2.05) is 0 Å². The molecule has 0 aromatic carbocycles. The summed E-state index contributed by atoms with van der Waals surface area (Å²) >= 11 is 0. The molecule has 0 spiro atoms. The first-order valence-electron chi connectivity index (χ1n) is 7.73. The topological polar surface area (TPSA) is 49.8 Å². The number of fused-ring (bicyclic) bond motifs is 1. The summed E-state index contributed by atoms with van der Waals surface area (Å²) in [6.45, 7) is 0.978. The van der Waals surface area contributed by atoms with Crippen LogP contribution in [0.1, 0.15) is 44.9 Å². The second-order valence-electron chi connectivity index (χ2n) is 6.46. The number of nitrogens with zero attached hydrogens (tertiary/aromatic N) is 1. The van der Waals surface area contributed by atoms with Gasteiger partial charge in [-0.05, 0) is 37.5 Å². The Kier molecular flexibility index (Phi) is 3.81. The van der Waals surface area contributed by atoms with Crippen LogP contribution in [0.5, 0.6) is 0 Å². The predicted octanol–water partition coefficient (Wildman–Crippen LogP) is 2.13. The summed E-state index contributed by atoms with van der Waals surface area (Å²) in [5.74, 6) is 0.382. The highest BCUT2D eigenvalue weighted by molar-refractivity contribution is 5.74. The number of carboxylic acid groups (broad SMARTS) is 1. The average molecular weight is 267 g/mol. The lowest BCUT2D eigenvalue weighted by atomic mass is 9.89. The Hall–Kier alpha value is -0.610. The molecule has 0 aromatic heterocycles. The van der Waals surface area contributed by atoms with Gasteiger partial charge in [-0.15, -0.1) is 0 Å². The summed E-state index contributed by atoms with van der Waals surface area (Å²) in [6.07, 6.45) is 8.37. The Bertz CT molecular complexity index is 346. The van der Waals surface area contributed by atoms with E-state index in [9.17, 15) is 9.90 Å². The first-order chi connectivity index (χ1) is 9.22. The lowest BCUT2D eigenvalue weighted by Crippen LogP contribution is -2.52. The van der Waals surface area contributed by atoms with E-state index in [0.717, 1.165) is 25.8 Å². The van der Waals surface area contributed by atoms with E-state index < -0.39 is 5.97 Å². The first kappa shape index (κ1) is 13.4. The molecule has 4 heteroatoms. The molecule has 5 atom stereocenters. The van der Waals surface area contributed by atoms with Crippen LogP contribution in [0, 0.1) is 11.8 Å². The van der Waals surface area contributed by atoms with Gasteiger partial charge in [0, 0.05) is 19.7 Å². The molecule has 3 aliphatic rings. The maximum absolute atomic E-state index is 11.7. The number of rotatable bonds is 3. The van der Waals surface area contributed by atoms with Gasteiger partial charge in [0.05, 0.1) is 6.10 Å². The molecule has 108 valence electrons. The van der Waals surface area contributed by atoms with Crippen molar-refractivity contribution in [3.05, 3.63) is 0 Å². The van der Waals surface area contributed by atoms with Crippen LogP contribution in [-0.2, 0) is 9.53 Å². The van der Waals surface area contributed by atoms with Gasteiger partial charge in [0.1, 0.15) is 6.04 Å². The van der Waals surface area contributed by atoms with E-state index in [4.69, 9.17) is 4.74 Å². The van der Waals surface area contributed by atoms with E-state index in [2.05, 4.69) is 4.90 Å². The van der Waals surface area contributed by atoms with E-state index in [1.54, 1.807) is 7.11 Å². The van der Waals surface area contributed by atoms with Gasteiger partial charge in [-0.1, -0.05) is 19.3 Å². The molecule has 19 heavy (non-hydrogen) atoms. The summed E-state index contributed by atoms with van der Waals surface area (Å²) in [5.41, 5.74) is 0. The van der Waals surface area contributed by atoms with Crippen LogP contribution in [0.25, 0.3) is 0 Å². The number of ether oxygens (including phenoxy) is 1. The molecule has 2 aliphatic carbocycles. The first-order valence-corrected chi connectivity index (χ1v) is 7.73. The maximum Gasteiger partial charge on any atom is 0.321 e. The van der Waals surface area contributed by atoms with Crippen LogP contribution >= 0.6 is 0 Å². The molecule has 0 radical (unpaired) electrons. The minimum atomic E-state index is -0.616. The number of hydrogen-bond donors (Lipinski definition) is 1. The molecule has 4 nitrogen and oxygen atoms in total. The van der Waals surface area contributed by atoms with Crippen molar-refractivity contribution in [2.75, 3.05) is 13.7 Å². The van der Waals surface area contributed by atoms with Crippen molar-refractivity contribution in [3.8, 4) is 0 Å². The Morgan fingerprint density at radius 3 is 2.68 bits per heavy atom. The van der Waals surface area contributed by atoms with Crippen molar-refractivity contribution < 1.29 is 14.6 Å². The fourth-order valence-electron chi connectivity index (χ4n) is 4.74. The maximum atomic E-state index is 11.7. The molecule has 3 fully saturated rings. The molecule has 1 N–H and O–H groups in total. The SMILES string of the molecule is COC1CCCCC1N1CC2CCCC2C1C(=O)O.